The molecule has 0 aliphatic carbocycles. The molecule has 1 aromatic heterocycles. The van der Waals surface area contributed by atoms with Gasteiger partial charge in [-0.1, -0.05) is 24.3 Å². The van der Waals surface area contributed by atoms with Crippen molar-refractivity contribution in [3.05, 3.63) is 72.3 Å². The van der Waals surface area contributed by atoms with E-state index in [1.54, 1.807) is 6.07 Å². The molecule has 0 radical (unpaired) electrons. The van der Waals surface area contributed by atoms with Gasteiger partial charge in [-0.3, -0.25) is 0 Å². The van der Waals surface area contributed by atoms with E-state index in [0.29, 0.717) is 0 Å². The van der Waals surface area contributed by atoms with Gasteiger partial charge in [-0.15, -0.1) is 0 Å². The average Bonchev–Trinajstić information content (AvgIpc) is 2.65. The molecule has 0 bridgehead atoms. The summed E-state index contributed by atoms with van der Waals surface area (Å²) in [5, 5.41) is 4.42. The van der Waals surface area contributed by atoms with Crippen LogP contribution in [-0.2, 0) is 6.18 Å². The van der Waals surface area contributed by atoms with Crippen molar-refractivity contribution >= 4 is 17.4 Å². The largest absolute Gasteiger partial charge is 0.421 e. The minimum Gasteiger partial charge on any atom is -0.421 e. The fourth-order valence-corrected chi connectivity index (χ4v) is 2.18. The van der Waals surface area contributed by atoms with E-state index in [9.17, 15) is 22.4 Å². The van der Waals surface area contributed by atoms with Crippen molar-refractivity contribution in [3.63, 3.8) is 0 Å². The lowest BCUT2D eigenvalue weighted by molar-refractivity contribution is -0.136. The predicted octanol–water partition coefficient (Wildman–Crippen LogP) is 5.07. The first kappa shape index (κ1) is 19.1. The molecular formula is C18H12F4N4O2. The Kier molecular flexibility index (Phi) is 5.39. The molecule has 28 heavy (non-hydrogen) atoms. The number of ether oxygens (including phenoxy) is 1. The fourth-order valence-electron chi connectivity index (χ4n) is 2.18. The second kappa shape index (κ2) is 7.91. The summed E-state index contributed by atoms with van der Waals surface area (Å²) in [6.07, 6.45) is -2.28. The lowest BCUT2D eigenvalue weighted by Gasteiger charge is -2.14. The highest BCUT2D eigenvalue weighted by molar-refractivity contribution is 6.00. The number of urea groups is 1. The molecule has 2 N–H and O–H groups in total. The van der Waals surface area contributed by atoms with Crippen LogP contribution in [0.4, 0.5) is 33.7 Å². The number of nitrogens with zero attached hydrogens (tertiary/aromatic N) is 2. The van der Waals surface area contributed by atoms with Gasteiger partial charge in [0.25, 0.3) is 0 Å². The lowest BCUT2D eigenvalue weighted by Crippen LogP contribution is -2.22. The first-order chi connectivity index (χ1) is 13.3. The molecule has 6 nitrogen and oxygen atoms in total. The maximum absolute atomic E-state index is 13.5. The summed E-state index contributed by atoms with van der Waals surface area (Å²) in [7, 11) is 0. The van der Waals surface area contributed by atoms with Gasteiger partial charge in [-0.05, 0) is 24.3 Å². The fraction of sp³-hybridized carbons (Fsp3) is 0.0556. The number of rotatable bonds is 4. The summed E-state index contributed by atoms with van der Waals surface area (Å²) in [5.74, 6) is -0.680. The number of amides is 2. The molecule has 0 aliphatic heterocycles. The zero-order valence-corrected chi connectivity index (χ0v) is 14.0. The van der Waals surface area contributed by atoms with E-state index in [1.807, 2.05) is 0 Å². The van der Waals surface area contributed by atoms with E-state index in [1.165, 1.54) is 42.7 Å². The maximum atomic E-state index is 13.5. The SMILES string of the molecule is O=C(Nc1cnc(Oc2ccccc2F)nc1)Nc1ccccc1C(F)(F)F. The number of aromatic nitrogens is 2. The van der Waals surface area contributed by atoms with Crippen LogP contribution in [0.1, 0.15) is 5.56 Å². The summed E-state index contributed by atoms with van der Waals surface area (Å²) >= 11 is 0. The topological polar surface area (TPSA) is 76.1 Å². The molecule has 0 spiro atoms. The van der Waals surface area contributed by atoms with E-state index >= 15 is 0 Å². The Bertz CT molecular complexity index is 978. The lowest BCUT2D eigenvalue weighted by atomic mass is 10.1. The highest BCUT2D eigenvalue weighted by Gasteiger charge is 2.33. The van der Waals surface area contributed by atoms with Gasteiger partial charge < -0.3 is 15.4 Å². The molecule has 1 heterocycles. The first-order valence-electron chi connectivity index (χ1n) is 7.81. The number of nitrogens with one attached hydrogen (secondary N) is 2. The van der Waals surface area contributed by atoms with Gasteiger partial charge in [0.05, 0.1) is 29.3 Å². The normalized spacial score (nSPS) is 11.0. The van der Waals surface area contributed by atoms with Gasteiger partial charge in [-0.2, -0.15) is 13.2 Å². The number of anilines is 2. The van der Waals surface area contributed by atoms with Crippen molar-refractivity contribution in [2.45, 2.75) is 6.18 Å². The zero-order chi connectivity index (χ0) is 20.1. The maximum Gasteiger partial charge on any atom is 0.418 e. The summed E-state index contributed by atoms with van der Waals surface area (Å²) in [6.45, 7) is 0. The van der Waals surface area contributed by atoms with Crippen molar-refractivity contribution in [2.24, 2.45) is 0 Å². The smallest absolute Gasteiger partial charge is 0.418 e. The molecule has 0 unspecified atom stereocenters. The van der Waals surface area contributed by atoms with Crippen LogP contribution in [0.15, 0.2) is 60.9 Å². The number of para-hydroxylation sites is 2. The molecular weight excluding hydrogens is 380 g/mol. The van der Waals surface area contributed by atoms with Crippen LogP contribution in [0.25, 0.3) is 0 Å². The number of alkyl halides is 3. The van der Waals surface area contributed by atoms with E-state index in [4.69, 9.17) is 4.74 Å². The monoisotopic (exact) mass is 392 g/mol. The molecule has 0 atom stereocenters. The number of carbonyl (C=O) groups excluding carboxylic acids is 1. The highest BCUT2D eigenvalue weighted by Crippen LogP contribution is 2.34. The van der Waals surface area contributed by atoms with Gasteiger partial charge in [0.15, 0.2) is 11.6 Å². The molecule has 2 amide bonds. The molecule has 10 heteroatoms. The Balaban J connectivity index is 1.65. The Hall–Kier alpha value is -3.69. The third-order valence-electron chi connectivity index (χ3n) is 3.40. The average molecular weight is 392 g/mol. The van der Waals surface area contributed by atoms with E-state index < -0.39 is 29.3 Å². The second-order valence-electron chi connectivity index (χ2n) is 5.41. The van der Waals surface area contributed by atoms with Crippen LogP contribution < -0.4 is 15.4 Å². The van der Waals surface area contributed by atoms with Gasteiger partial charge in [0.1, 0.15) is 0 Å². The minimum atomic E-state index is -4.61. The number of hydrogen-bond acceptors (Lipinski definition) is 4. The van der Waals surface area contributed by atoms with Crippen LogP contribution in [0, 0.1) is 5.82 Å². The van der Waals surface area contributed by atoms with E-state index in [0.717, 1.165) is 12.1 Å². The number of hydrogen-bond donors (Lipinski definition) is 2. The minimum absolute atomic E-state index is 0.0790. The number of carbonyl (C=O) groups is 1. The molecule has 3 rings (SSSR count). The van der Waals surface area contributed by atoms with Crippen LogP contribution in [0.3, 0.4) is 0 Å². The molecule has 144 valence electrons. The Morgan fingerprint density at radius 1 is 0.929 bits per heavy atom. The van der Waals surface area contributed by atoms with Crippen LogP contribution in [0.2, 0.25) is 0 Å². The third kappa shape index (κ3) is 4.72. The molecule has 2 aromatic carbocycles. The molecule has 0 saturated carbocycles. The summed E-state index contributed by atoms with van der Waals surface area (Å²) < 4.78 is 57.5. The molecule has 0 saturated heterocycles. The van der Waals surface area contributed by atoms with Crippen LogP contribution >= 0.6 is 0 Å². The van der Waals surface area contributed by atoms with E-state index in [-0.39, 0.29) is 17.4 Å². The van der Waals surface area contributed by atoms with Gasteiger partial charge in [0, 0.05) is 0 Å². The summed E-state index contributed by atoms with van der Waals surface area (Å²) in [5.41, 5.74) is -1.27. The van der Waals surface area contributed by atoms with Crippen molar-refractivity contribution in [1.29, 1.82) is 0 Å². The predicted molar refractivity (Wildman–Crippen MR) is 92.6 cm³/mol. The van der Waals surface area contributed by atoms with Gasteiger partial charge in [0.2, 0.25) is 0 Å². The van der Waals surface area contributed by atoms with Crippen molar-refractivity contribution in [1.82, 2.24) is 9.97 Å². The Labute approximate surface area is 156 Å². The van der Waals surface area contributed by atoms with Crippen LogP contribution in [-0.4, -0.2) is 16.0 Å². The number of halogens is 4. The third-order valence-corrected chi connectivity index (χ3v) is 3.40. The quantitative estimate of drug-likeness (QED) is 0.608. The Morgan fingerprint density at radius 3 is 2.25 bits per heavy atom. The zero-order valence-electron chi connectivity index (χ0n) is 14.0. The van der Waals surface area contributed by atoms with Crippen molar-refractivity contribution < 1.29 is 27.1 Å². The standard InChI is InChI=1S/C18H12F4N4O2/c19-13-6-2-4-8-15(13)28-17-23-9-11(10-24-17)25-16(27)26-14-7-3-1-5-12(14)18(20,21)22/h1-10H,(H2,25,26,27). The number of benzene rings is 2. The van der Waals surface area contributed by atoms with Crippen molar-refractivity contribution in [2.75, 3.05) is 10.6 Å². The summed E-state index contributed by atoms with van der Waals surface area (Å²) in [6, 6.07) is 9.13. The molecule has 3 aromatic rings. The molecule has 0 fully saturated rings. The highest BCUT2D eigenvalue weighted by atomic mass is 19.4. The Morgan fingerprint density at radius 2 is 1.57 bits per heavy atom. The van der Waals surface area contributed by atoms with Gasteiger partial charge >= 0.3 is 18.2 Å². The molecule has 0 aliphatic rings. The van der Waals surface area contributed by atoms with E-state index in [2.05, 4.69) is 20.6 Å². The second-order valence-corrected chi connectivity index (χ2v) is 5.41. The summed E-state index contributed by atoms with van der Waals surface area (Å²) in [4.78, 5) is 19.6. The van der Waals surface area contributed by atoms with Gasteiger partial charge in [-0.25, -0.2) is 19.2 Å². The first-order valence-corrected chi connectivity index (χ1v) is 7.81. The van der Waals surface area contributed by atoms with Crippen LogP contribution in [0.5, 0.6) is 11.8 Å². The van der Waals surface area contributed by atoms with Crippen molar-refractivity contribution in [3.8, 4) is 11.8 Å².